The highest BCUT2D eigenvalue weighted by molar-refractivity contribution is 5.41. The molecule has 1 N–H and O–H groups in total. The van der Waals surface area contributed by atoms with Crippen molar-refractivity contribution in [2.75, 3.05) is 0 Å². The minimum absolute atomic E-state index is 0.117. The number of alkyl halides is 3. The second-order valence-electron chi connectivity index (χ2n) is 4.85. The van der Waals surface area contributed by atoms with Crippen molar-refractivity contribution >= 4 is 0 Å². The van der Waals surface area contributed by atoms with Gasteiger partial charge < -0.3 is 5.11 Å². The zero-order chi connectivity index (χ0) is 14.9. The van der Waals surface area contributed by atoms with Crippen LogP contribution in [-0.2, 0) is 6.18 Å². The molecule has 1 atom stereocenters. The summed E-state index contributed by atoms with van der Waals surface area (Å²) in [5, 5.41) is 10.3. The zero-order valence-electron chi connectivity index (χ0n) is 11.2. The molecular formula is C16H15F3O. The van der Waals surface area contributed by atoms with Gasteiger partial charge in [-0.05, 0) is 36.6 Å². The maximum atomic E-state index is 13.0. The highest BCUT2D eigenvalue weighted by Gasteiger charge is 2.35. The molecule has 0 aliphatic carbocycles. The van der Waals surface area contributed by atoms with Crippen molar-refractivity contribution < 1.29 is 18.3 Å². The lowest BCUT2D eigenvalue weighted by molar-refractivity contribution is -0.139. The molecule has 0 aliphatic rings. The summed E-state index contributed by atoms with van der Waals surface area (Å²) in [6.07, 6.45) is -5.76. The molecule has 0 heterocycles. The summed E-state index contributed by atoms with van der Waals surface area (Å²) in [5.74, 6) is 0. The van der Waals surface area contributed by atoms with Crippen LogP contribution in [0.1, 0.15) is 33.9 Å². The summed E-state index contributed by atoms with van der Waals surface area (Å²) < 4.78 is 39.0. The van der Waals surface area contributed by atoms with Gasteiger partial charge in [0.05, 0.1) is 5.56 Å². The van der Waals surface area contributed by atoms with E-state index in [1.165, 1.54) is 18.2 Å². The first kappa shape index (κ1) is 14.6. The molecule has 1 nitrogen and oxygen atoms in total. The average molecular weight is 280 g/mol. The molecule has 0 radical (unpaired) electrons. The van der Waals surface area contributed by atoms with Crippen molar-refractivity contribution in [2.24, 2.45) is 0 Å². The van der Waals surface area contributed by atoms with Gasteiger partial charge in [-0.1, -0.05) is 42.0 Å². The Morgan fingerprint density at radius 1 is 0.950 bits per heavy atom. The molecule has 20 heavy (non-hydrogen) atoms. The third-order valence-electron chi connectivity index (χ3n) is 3.29. The van der Waals surface area contributed by atoms with Gasteiger partial charge in [0.1, 0.15) is 6.10 Å². The molecule has 0 saturated heterocycles. The SMILES string of the molecule is Cc1ccc(C)c(C(O)c2ccccc2C(F)(F)F)c1. The molecule has 0 spiro atoms. The number of benzene rings is 2. The van der Waals surface area contributed by atoms with Gasteiger partial charge in [-0.15, -0.1) is 0 Å². The van der Waals surface area contributed by atoms with Crippen LogP contribution < -0.4 is 0 Å². The number of aliphatic hydroxyl groups is 1. The molecule has 0 fully saturated rings. The van der Waals surface area contributed by atoms with E-state index in [2.05, 4.69) is 0 Å². The van der Waals surface area contributed by atoms with E-state index in [-0.39, 0.29) is 5.56 Å². The molecule has 2 aromatic carbocycles. The molecule has 4 heteroatoms. The summed E-state index contributed by atoms with van der Waals surface area (Å²) in [7, 11) is 0. The van der Waals surface area contributed by atoms with E-state index in [0.717, 1.165) is 17.2 Å². The number of hydrogen-bond acceptors (Lipinski definition) is 1. The first-order valence-electron chi connectivity index (χ1n) is 6.22. The minimum atomic E-state index is -4.48. The van der Waals surface area contributed by atoms with Crippen molar-refractivity contribution in [3.8, 4) is 0 Å². The first-order valence-corrected chi connectivity index (χ1v) is 6.22. The lowest BCUT2D eigenvalue weighted by Gasteiger charge is -2.19. The van der Waals surface area contributed by atoms with Crippen LogP contribution in [0.15, 0.2) is 42.5 Å². The van der Waals surface area contributed by atoms with E-state index in [4.69, 9.17) is 0 Å². The van der Waals surface area contributed by atoms with Crippen molar-refractivity contribution in [3.63, 3.8) is 0 Å². The van der Waals surface area contributed by atoms with Gasteiger partial charge in [0.2, 0.25) is 0 Å². The normalized spacial score (nSPS) is 13.3. The quantitative estimate of drug-likeness (QED) is 0.864. The molecule has 0 aromatic heterocycles. The Morgan fingerprint density at radius 2 is 1.60 bits per heavy atom. The Bertz CT molecular complexity index is 617. The van der Waals surface area contributed by atoms with Crippen LogP contribution in [0.25, 0.3) is 0 Å². The van der Waals surface area contributed by atoms with Gasteiger partial charge >= 0.3 is 6.18 Å². The highest BCUT2D eigenvalue weighted by Crippen LogP contribution is 2.37. The Balaban J connectivity index is 2.54. The van der Waals surface area contributed by atoms with Crippen LogP contribution in [0.5, 0.6) is 0 Å². The van der Waals surface area contributed by atoms with E-state index in [0.29, 0.717) is 5.56 Å². The standard InChI is InChI=1S/C16H15F3O/c1-10-7-8-11(2)13(9-10)15(20)12-5-3-4-6-14(12)16(17,18)19/h3-9,15,20H,1-2H3. The summed E-state index contributed by atoms with van der Waals surface area (Å²) in [5.41, 5.74) is 1.25. The summed E-state index contributed by atoms with van der Waals surface area (Å²) in [6.45, 7) is 3.61. The van der Waals surface area contributed by atoms with Gasteiger partial charge in [0, 0.05) is 0 Å². The molecule has 2 aromatic rings. The van der Waals surface area contributed by atoms with Crippen molar-refractivity contribution in [3.05, 3.63) is 70.3 Å². The number of aliphatic hydroxyl groups excluding tert-OH is 1. The monoisotopic (exact) mass is 280 g/mol. The Morgan fingerprint density at radius 3 is 2.25 bits per heavy atom. The molecule has 0 saturated carbocycles. The average Bonchev–Trinajstić information content (AvgIpc) is 2.40. The maximum Gasteiger partial charge on any atom is 0.416 e. The van der Waals surface area contributed by atoms with Crippen LogP contribution in [0, 0.1) is 13.8 Å². The Labute approximate surface area is 115 Å². The fraction of sp³-hybridized carbons (Fsp3) is 0.250. The Hall–Kier alpha value is -1.81. The molecule has 0 amide bonds. The van der Waals surface area contributed by atoms with Crippen molar-refractivity contribution in [1.29, 1.82) is 0 Å². The smallest absolute Gasteiger partial charge is 0.384 e. The van der Waals surface area contributed by atoms with E-state index >= 15 is 0 Å². The Kier molecular flexibility index (Phi) is 3.86. The maximum absolute atomic E-state index is 13.0. The highest BCUT2D eigenvalue weighted by atomic mass is 19.4. The zero-order valence-corrected chi connectivity index (χ0v) is 11.2. The van der Waals surface area contributed by atoms with Crippen molar-refractivity contribution in [1.82, 2.24) is 0 Å². The first-order chi connectivity index (χ1) is 9.30. The van der Waals surface area contributed by atoms with E-state index in [9.17, 15) is 18.3 Å². The third kappa shape index (κ3) is 2.85. The number of hydrogen-bond donors (Lipinski definition) is 1. The van der Waals surface area contributed by atoms with Gasteiger partial charge in [0.25, 0.3) is 0 Å². The number of halogens is 3. The van der Waals surface area contributed by atoms with E-state index < -0.39 is 17.8 Å². The predicted octanol–water partition coefficient (Wildman–Crippen LogP) is 4.40. The topological polar surface area (TPSA) is 20.2 Å². The summed E-state index contributed by atoms with van der Waals surface area (Å²) in [6, 6.07) is 10.5. The third-order valence-corrected chi connectivity index (χ3v) is 3.29. The van der Waals surface area contributed by atoms with Crippen LogP contribution in [0.2, 0.25) is 0 Å². The summed E-state index contributed by atoms with van der Waals surface area (Å²) in [4.78, 5) is 0. The second kappa shape index (κ2) is 5.29. The van der Waals surface area contributed by atoms with Gasteiger partial charge in [0.15, 0.2) is 0 Å². The largest absolute Gasteiger partial charge is 0.416 e. The van der Waals surface area contributed by atoms with E-state index in [1.54, 1.807) is 19.1 Å². The molecule has 0 bridgehead atoms. The van der Waals surface area contributed by atoms with E-state index in [1.807, 2.05) is 13.0 Å². The number of aryl methyl sites for hydroxylation is 2. The lowest BCUT2D eigenvalue weighted by Crippen LogP contribution is -2.13. The van der Waals surface area contributed by atoms with Crippen LogP contribution in [0.4, 0.5) is 13.2 Å². The molecule has 106 valence electrons. The predicted molar refractivity (Wildman–Crippen MR) is 71.4 cm³/mol. The van der Waals surface area contributed by atoms with Gasteiger partial charge in [-0.25, -0.2) is 0 Å². The molecule has 1 unspecified atom stereocenters. The molecule has 2 rings (SSSR count). The molecular weight excluding hydrogens is 265 g/mol. The summed E-state index contributed by atoms with van der Waals surface area (Å²) >= 11 is 0. The van der Waals surface area contributed by atoms with Crippen molar-refractivity contribution in [2.45, 2.75) is 26.1 Å². The number of rotatable bonds is 2. The second-order valence-corrected chi connectivity index (χ2v) is 4.85. The minimum Gasteiger partial charge on any atom is -0.384 e. The molecule has 0 aliphatic heterocycles. The fourth-order valence-electron chi connectivity index (χ4n) is 2.22. The van der Waals surface area contributed by atoms with Crippen LogP contribution in [-0.4, -0.2) is 5.11 Å². The van der Waals surface area contributed by atoms with Crippen LogP contribution in [0.3, 0.4) is 0 Å². The lowest BCUT2D eigenvalue weighted by atomic mass is 9.93. The fourth-order valence-corrected chi connectivity index (χ4v) is 2.22. The van der Waals surface area contributed by atoms with Gasteiger partial charge in [-0.3, -0.25) is 0 Å². The van der Waals surface area contributed by atoms with Gasteiger partial charge in [-0.2, -0.15) is 13.2 Å². The van der Waals surface area contributed by atoms with Crippen LogP contribution >= 0.6 is 0 Å².